The van der Waals surface area contributed by atoms with Gasteiger partial charge in [0.05, 0.1) is 50.8 Å². The average molecular weight is 1640 g/mol. The van der Waals surface area contributed by atoms with Crippen molar-refractivity contribution in [3.05, 3.63) is 126 Å². The van der Waals surface area contributed by atoms with Crippen LogP contribution in [0.25, 0.3) is 33.4 Å². The van der Waals surface area contributed by atoms with Crippen LogP contribution in [0.3, 0.4) is 0 Å². The van der Waals surface area contributed by atoms with Gasteiger partial charge in [-0.15, -0.1) is 0 Å². The topological polar surface area (TPSA) is 407 Å². The van der Waals surface area contributed by atoms with E-state index in [2.05, 4.69) is 42.5 Å². The highest BCUT2D eigenvalue weighted by Gasteiger charge is 2.29. The molecule has 0 saturated heterocycles. The second-order valence-corrected chi connectivity index (χ2v) is 33.2. The number of aromatic carboxylic acids is 1. The van der Waals surface area contributed by atoms with Crippen LogP contribution in [0.4, 0.5) is 45.8 Å². The molecule has 6 rings (SSSR count). The van der Waals surface area contributed by atoms with E-state index in [4.69, 9.17) is 62.6 Å². The van der Waals surface area contributed by atoms with Gasteiger partial charge in [-0.2, -0.15) is 0 Å². The molecule has 0 aliphatic carbocycles. The number of nitrogens with one attached hydrogen (secondary N) is 8. The van der Waals surface area contributed by atoms with Crippen LogP contribution in [0.15, 0.2) is 109 Å². The van der Waals surface area contributed by atoms with Crippen molar-refractivity contribution in [2.75, 3.05) is 95.3 Å². The van der Waals surface area contributed by atoms with Crippen LogP contribution in [0.1, 0.15) is 194 Å². The summed E-state index contributed by atoms with van der Waals surface area (Å²) in [4.78, 5) is 121. The molecule has 0 radical (unpaired) electrons. The largest absolute Gasteiger partial charge is 0.493 e. The normalized spacial score (nSPS) is 11.6. The third kappa shape index (κ3) is 34.4. The van der Waals surface area contributed by atoms with Crippen molar-refractivity contribution in [3.8, 4) is 67.9 Å². The van der Waals surface area contributed by atoms with Gasteiger partial charge >= 0.3 is 42.5 Å². The van der Waals surface area contributed by atoms with Crippen molar-refractivity contribution in [3.63, 3.8) is 0 Å². The van der Waals surface area contributed by atoms with Gasteiger partial charge in [0.25, 0.3) is 11.8 Å². The van der Waals surface area contributed by atoms with Crippen LogP contribution in [-0.2, 0) is 28.4 Å². The van der Waals surface area contributed by atoms with Crippen LogP contribution >= 0.6 is 0 Å². The van der Waals surface area contributed by atoms with Crippen LogP contribution in [0, 0.1) is 0 Å². The minimum Gasteiger partial charge on any atom is -0.493 e. The first kappa shape index (κ1) is 94.8. The van der Waals surface area contributed by atoms with E-state index < -0.39 is 87.9 Å². The Morgan fingerprint density at radius 1 is 0.288 bits per heavy atom. The number of carboxylic acids is 1. The lowest BCUT2D eigenvalue weighted by atomic mass is 9.97. The second-order valence-electron chi connectivity index (χ2n) is 33.2. The Balaban J connectivity index is 1.50. The molecular formula is C87H119N9O22. The minimum atomic E-state index is -1.36. The van der Waals surface area contributed by atoms with E-state index >= 15 is 9.59 Å². The molecule has 0 fully saturated rings. The summed E-state index contributed by atoms with van der Waals surface area (Å²) >= 11 is 0. The van der Waals surface area contributed by atoms with E-state index in [-0.39, 0.29) is 185 Å². The Kier molecular flexibility index (Phi) is 35.2. The van der Waals surface area contributed by atoms with Crippen molar-refractivity contribution in [2.45, 2.75) is 197 Å². The van der Waals surface area contributed by atoms with Crippen LogP contribution < -0.4 is 76.7 Å². The smallest absolute Gasteiger partial charge is 0.407 e. The number of para-hydroxylation sites is 3. The molecule has 0 aliphatic rings. The van der Waals surface area contributed by atoms with Gasteiger partial charge in [0.15, 0.2) is 0 Å². The quantitative estimate of drug-likeness (QED) is 0.00977. The summed E-state index contributed by atoms with van der Waals surface area (Å²) in [6, 6.07) is 29.5. The molecule has 0 aromatic heterocycles. The molecule has 6 aromatic carbocycles. The average Bonchev–Trinajstić information content (AvgIpc) is 0.783. The first-order valence-corrected chi connectivity index (χ1v) is 39.3. The lowest BCUT2D eigenvalue weighted by Crippen LogP contribution is -2.33. The van der Waals surface area contributed by atoms with Crippen molar-refractivity contribution in [1.29, 1.82) is 0 Å². The standard InChI is InChI=1S/C87H119N9O22/c1-82(2,3)113-76(101)89-37-25-43-107-67-52-61(70(49-58(67)55-31-19-22-34-64(55)88)110-46-28-40-92-79(104)116-85(10,11)12)73(97)95-65-35-23-20-32-56(65)59-50-71(111-47-29-41-93-80(105)117-86(13,14)15)62(53-68(59)108-44-26-38-90-77(102)114-83(4,5)6)74(98)96-66-36-24-21-33-57(66)60-51-72(112-48-30-42-94-81(106)118-87(16,17)18)63(75(99)100)54-69(60)109-45-27-39-91-78(103)115-84(7,8)9/h19-24,31-36,49-54H,25-30,37-48,88H2,1-18H3,(H,89,101)(H,90,102)(H,91,103)(H,92,104)(H,93,105)(H,94,106)(H,95,97)(H,96,98)(H,99,100). The number of anilines is 3. The van der Waals surface area contributed by atoms with Crippen LogP contribution in [0.2, 0.25) is 0 Å². The predicted molar refractivity (Wildman–Crippen MR) is 449 cm³/mol. The number of carbonyl (C=O) groups excluding carboxylic acids is 8. The molecule has 0 atom stereocenters. The molecule has 0 aliphatic heterocycles. The number of benzene rings is 6. The lowest BCUT2D eigenvalue weighted by molar-refractivity contribution is 0.0513. The summed E-state index contributed by atoms with van der Waals surface area (Å²) in [6.45, 7) is 31.8. The number of rotatable bonds is 38. The Morgan fingerprint density at radius 3 is 0.763 bits per heavy atom. The molecule has 0 saturated carbocycles. The zero-order chi connectivity index (χ0) is 87.2. The van der Waals surface area contributed by atoms with Gasteiger partial charge in [0.2, 0.25) is 0 Å². The number of nitrogens with two attached hydrogens (primary N) is 1. The molecule has 0 heterocycles. The van der Waals surface area contributed by atoms with E-state index in [9.17, 15) is 38.7 Å². The molecule has 0 unspecified atom stereocenters. The summed E-state index contributed by atoms with van der Waals surface area (Å²) in [6.07, 6.45) is -2.40. The summed E-state index contributed by atoms with van der Waals surface area (Å²) in [5, 5.41) is 33.2. The number of alkyl carbamates (subject to hydrolysis) is 6. The van der Waals surface area contributed by atoms with E-state index in [1.54, 1.807) is 210 Å². The Hall–Kier alpha value is -12.0. The summed E-state index contributed by atoms with van der Waals surface area (Å²) in [5.41, 5.74) is 4.72. The molecule has 8 amide bonds. The molecule has 11 N–H and O–H groups in total. The fourth-order valence-corrected chi connectivity index (χ4v) is 10.9. The fourth-order valence-electron chi connectivity index (χ4n) is 10.9. The molecule has 0 bridgehead atoms. The van der Waals surface area contributed by atoms with Crippen molar-refractivity contribution < 1.29 is 105 Å². The SMILES string of the molecule is CC(C)(C)OC(=O)NCCCOc1cc(-c2ccccc2NC(=O)c2cc(OCCCNC(=O)OC(C)(C)C)c(-c3ccccc3NC(=O)c3cc(OCCCNC(=O)OC(C)(C)C)c(-c4ccccc4N)cc3OCCCNC(=O)OC(C)(C)C)cc2OCCCNC(=O)OC(C)(C)C)c(OCCCNC(=O)OC(C)(C)C)cc1C(=O)O. The molecule has 0 spiro atoms. The predicted octanol–water partition coefficient (Wildman–Crippen LogP) is 16.2. The maximum absolute atomic E-state index is 15.7. The third-order valence-corrected chi connectivity index (χ3v) is 15.6. The zero-order valence-electron chi connectivity index (χ0n) is 71.2. The van der Waals surface area contributed by atoms with E-state index in [1.807, 2.05) is 0 Å². The highest BCUT2D eigenvalue weighted by Crippen LogP contribution is 2.45. The first-order chi connectivity index (χ1) is 55.3. The number of carbonyl (C=O) groups is 9. The molecule has 31 nitrogen and oxygen atoms in total. The van der Waals surface area contributed by atoms with Crippen molar-refractivity contribution in [2.24, 2.45) is 0 Å². The summed E-state index contributed by atoms with van der Waals surface area (Å²) in [7, 11) is 0. The first-order valence-electron chi connectivity index (χ1n) is 39.3. The fraction of sp³-hybridized carbons (Fsp3) is 0.483. The monoisotopic (exact) mass is 1640 g/mol. The molecular weight excluding hydrogens is 1520 g/mol. The maximum Gasteiger partial charge on any atom is 0.407 e. The Bertz CT molecular complexity index is 4410. The van der Waals surface area contributed by atoms with Gasteiger partial charge in [0, 0.05) is 89.7 Å². The Morgan fingerprint density at radius 2 is 0.508 bits per heavy atom. The zero-order valence-corrected chi connectivity index (χ0v) is 71.2. The van der Waals surface area contributed by atoms with Crippen LogP contribution in [0.5, 0.6) is 34.5 Å². The van der Waals surface area contributed by atoms with E-state index in [1.165, 1.54) is 24.3 Å². The maximum atomic E-state index is 15.7. The number of hydrogen-bond donors (Lipinski definition) is 10. The highest BCUT2D eigenvalue weighted by molar-refractivity contribution is 6.11. The number of hydrogen-bond acceptors (Lipinski definition) is 22. The van der Waals surface area contributed by atoms with Gasteiger partial charge in [-0.1, -0.05) is 54.6 Å². The third-order valence-electron chi connectivity index (χ3n) is 15.6. The molecule has 118 heavy (non-hydrogen) atoms. The van der Waals surface area contributed by atoms with Gasteiger partial charge in [-0.05, 0) is 218 Å². The number of nitrogen functional groups attached to an aromatic ring is 1. The molecule has 6 aromatic rings. The summed E-state index contributed by atoms with van der Waals surface area (Å²) in [5.74, 6) is -2.41. The number of ether oxygens (including phenoxy) is 12. The van der Waals surface area contributed by atoms with Gasteiger partial charge < -0.3 is 110 Å². The number of amides is 8. The van der Waals surface area contributed by atoms with Gasteiger partial charge in [-0.25, -0.2) is 33.6 Å². The highest BCUT2D eigenvalue weighted by atomic mass is 16.6. The van der Waals surface area contributed by atoms with Gasteiger partial charge in [-0.3, -0.25) is 9.59 Å². The second kappa shape index (κ2) is 43.8. The van der Waals surface area contributed by atoms with Gasteiger partial charge in [0.1, 0.15) is 73.7 Å². The van der Waals surface area contributed by atoms with Crippen LogP contribution in [-0.4, -0.2) is 172 Å². The van der Waals surface area contributed by atoms with E-state index in [0.29, 0.717) is 34.4 Å². The van der Waals surface area contributed by atoms with Crippen molar-refractivity contribution in [1.82, 2.24) is 31.9 Å². The summed E-state index contributed by atoms with van der Waals surface area (Å²) < 4.78 is 71.5. The van der Waals surface area contributed by atoms with E-state index in [0.717, 1.165) is 0 Å². The van der Waals surface area contributed by atoms with Crippen molar-refractivity contribution >= 4 is 71.4 Å². The number of carboxylic acid groups (broad SMARTS) is 1. The Labute approximate surface area is 691 Å². The lowest BCUT2D eigenvalue weighted by Gasteiger charge is -2.22. The minimum absolute atomic E-state index is 0.00198. The molecule has 644 valence electrons. The molecule has 31 heteroatoms.